The van der Waals surface area contributed by atoms with E-state index < -0.39 is 0 Å². The summed E-state index contributed by atoms with van der Waals surface area (Å²) in [6.07, 6.45) is 0.929. The summed E-state index contributed by atoms with van der Waals surface area (Å²) in [4.78, 5) is 36.8. The molecule has 6 heteroatoms. The average Bonchev–Trinajstić information content (AvgIpc) is 2.55. The first-order valence-corrected chi connectivity index (χ1v) is 7.84. The van der Waals surface area contributed by atoms with E-state index in [1.54, 1.807) is 36.1 Å². The molecule has 1 aliphatic rings. The minimum absolute atomic E-state index is 0.00536. The number of hydrogen-bond donors (Lipinski definition) is 1. The highest BCUT2D eigenvalue weighted by Gasteiger charge is 2.27. The molecular formula is C17H22N2O4. The van der Waals surface area contributed by atoms with Crippen molar-refractivity contribution in [3.63, 3.8) is 0 Å². The van der Waals surface area contributed by atoms with Crippen LogP contribution in [0.25, 0.3) is 0 Å². The molecule has 1 aromatic rings. The molecule has 2 rings (SSSR count). The fourth-order valence-electron chi connectivity index (χ4n) is 2.57. The number of piperidine rings is 1. The van der Waals surface area contributed by atoms with Gasteiger partial charge in [0.1, 0.15) is 0 Å². The first-order chi connectivity index (χ1) is 11.0. The highest BCUT2D eigenvalue weighted by atomic mass is 16.6. The molecule has 0 saturated carbocycles. The molecule has 124 valence electrons. The minimum Gasteiger partial charge on any atom is -0.450 e. The molecule has 1 aromatic carbocycles. The maximum Gasteiger partial charge on any atom is 0.409 e. The molecule has 0 spiro atoms. The van der Waals surface area contributed by atoms with Gasteiger partial charge in [0, 0.05) is 30.3 Å². The van der Waals surface area contributed by atoms with E-state index in [-0.39, 0.29) is 23.7 Å². The summed E-state index contributed by atoms with van der Waals surface area (Å²) in [6, 6.07) is 6.84. The van der Waals surface area contributed by atoms with Gasteiger partial charge in [-0.2, -0.15) is 0 Å². The average molecular weight is 318 g/mol. The number of carbonyl (C=O) groups excluding carboxylic acids is 3. The molecule has 0 aliphatic carbocycles. The van der Waals surface area contributed by atoms with Gasteiger partial charge in [0.25, 0.3) is 0 Å². The second-order valence-electron chi connectivity index (χ2n) is 5.58. The number of likely N-dealkylation sites (tertiary alicyclic amines) is 1. The van der Waals surface area contributed by atoms with Crippen LogP contribution < -0.4 is 5.32 Å². The summed E-state index contributed by atoms with van der Waals surface area (Å²) in [5.74, 6) is -0.175. The molecule has 0 atom stereocenters. The highest BCUT2D eigenvalue weighted by Crippen LogP contribution is 2.20. The van der Waals surface area contributed by atoms with E-state index in [0.717, 1.165) is 0 Å². The van der Waals surface area contributed by atoms with Crippen LogP contribution in [0.15, 0.2) is 24.3 Å². The number of amides is 2. The highest BCUT2D eigenvalue weighted by molar-refractivity contribution is 5.96. The lowest BCUT2D eigenvalue weighted by atomic mass is 9.96. The van der Waals surface area contributed by atoms with Crippen LogP contribution in [-0.4, -0.2) is 42.4 Å². The zero-order valence-electron chi connectivity index (χ0n) is 13.5. The topological polar surface area (TPSA) is 75.7 Å². The largest absolute Gasteiger partial charge is 0.450 e. The van der Waals surface area contributed by atoms with Crippen LogP contribution in [0.3, 0.4) is 0 Å². The number of anilines is 1. The number of hydrogen-bond acceptors (Lipinski definition) is 4. The zero-order chi connectivity index (χ0) is 16.8. The molecule has 1 saturated heterocycles. The molecule has 1 heterocycles. The molecule has 1 N–H and O–H groups in total. The van der Waals surface area contributed by atoms with Crippen LogP contribution in [-0.2, 0) is 9.53 Å². The van der Waals surface area contributed by atoms with Gasteiger partial charge in [0.2, 0.25) is 5.91 Å². The van der Waals surface area contributed by atoms with E-state index in [1.165, 1.54) is 6.92 Å². The Morgan fingerprint density at radius 1 is 1.17 bits per heavy atom. The van der Waals surface area contributed by atoms with Gasteiger partial charge in [-0.3, -0.25) is 9.59 Å². The lowest BCUT2D eigenvalue weighted by molar-refractivity contribution is -0.121. The lowest BCUT2D eigenvalue weighted by Gasteiger charge is -2.30. The van der Waals surface area contributed by atoms with E-state index in [1.807, 2.05) is 0 Å². The van der Waals surface area contributed by atoms with Crippen LogP contribution in [0.4, 0.5) is 10.5 Å². The SMILES string of the molecule is CCOC(=O)N1CCC(C(=O)Nc2ccc(C(C)=O)cc2)CC1. The number of nitrogens with zero attached hydrogens (tertiary/aromatic N) is 1. The smallest absolute Gasteiger partial charge is 0.409 e. The summed E-state index contributed by atoms with van der Waals surface area (Å²) in [7, 11) is 0. The second-order valence-corrected chi connectivity index (χ2v) is 5.58. The van der Waals surface area contributed by atoms with Gasteiger partial charge in [-0.1, -0.05) is 0 Å². The maximum absolute atomic E-state index is 12.3. The molecule has 2 amide bonds. The van der Waals surface area contributed by atoms with Crippen molar-refractivity contribution in [2.75, 3.05) is 25.0 Å². The fourth-order valence-corrected chi connectivity index (χ4v) is 2.57. The zero-order valence-corrected chi connectivity index (χ0v) is 13.5. The predicted molar refractivity (Wildman–Crippen MR) is 86.4 cm³/mol. The van der Waals surface area contributed by atoms with Crippen molar-refractivity contribution in [3.8, 4) is 0 Å². The van der Waals surface area contributed by atoms with E-state index in [2.05, 4.69) is 5.32 Å². The van der Waals surface area contributed by atoms with Crippen molar-refractivity contribution in [3.05, 3.63) is 29.8 Å². The van der Waals surface area contributed by atoms with Gasteiger partial charge in [-0.25, -0.2) is 4.79 Å². The lowest BCUT2D eigenvalue weighted by Crippen LogP contribution is -2.41. The summed E-state index contributed by atoms with van der Waals surface area (Å²) in [6.45, 7) is 4.69. The molecular weight excluding hydrogens is 296 g/mol. The summed E-state index contributed by atoms with van der Waals surface area (Å²) in [5.41, 5.74) is 1.29. The van der Waals surface area contributed by atoms with E-state index in [4.69, 9.17) is 4.74 Å². The first kappa shape index (κ1) is 17.0. The van der Waals surface area contributed by atoms with Crippen LogP contribution in [0.1, 0.15) is 37.0 Å². The fraction of sp³-hybridized carbons (Fsp3) is 0.471. The van der Waals surface area contributed by atoms with Crippen molar-refractivity contribution in [1.29, 1.82) is 0 Å². The van der Waals surface area contributed by atoms with Crippen LogP contribution in [0.5, 0.6) is 0 Å². The van der Waals surface area contributed by atoms with E-state index in [0.29, 0.717) is 43.8 Å². The van der Waals surface area contributed by atoms with Gasteiger partial charge >= 0.3 is 6.09 Å². The van der Waals surface area contributed by atoms with E-state index in [9.17, 15) is 14.4 Å². The van der Waals surface area contributed by atoms with Crippen LogP contribution in [0, 0.1) is 5.92 Å². The molecule has 0 bridgehead atoms. The molecule has 6 nitrogen and oxygen atoms in total. The third kappa shape index (κ3) is 4.55. The number of benzene rings is 1. The molecule has 23 heavy (non-hydrogen) atoms. The normalized spacial score (nSPS) is 15.1. The quantitative estimate of drug-likeness (QED) is 0.866. The molecule has 1 aliphatic heterocycles. The van der Waals surface area contributed by atoms with Crippen molar-refractivity contribution >= 4 is 23.5 Å². The Kier molecular flexibility index (Phi) is 5.73. The third-order valence-corrected chi connectivity index (χ3v) is 3.95. The number of ether oxygens (including phenoxy) is 1. The third-order valence-electron chi connectivity index (χ3n) is 3.95. The second kappa shape index (κ2) is 7.76. The van der Waals surface area contributed by atoms with Crippen molar-refractivity contribution in [1.82, 2.24) is 4.90 Å². The molecule has 1 fully saturated rings. The summed E-state index contributed by atoms with van der Waals surface area (Å²) in [5, 5.41) is 2.86. The maximum atomic E-state index is 12.3. The molecule has 0 unspecified atom stereocenters. The Bertz CT molecular complexity index is 575. The Labute approximate surface area is 135 Å². The predicted octanol–water partition coefficient (Wildman–Crippen LogP) is 2.70. The molecule has 0 aromatic heterocycles. The van der Waals surface area contributed by atoms with Gasteiger partial charge in [-0.15, -0.1) is 0 Å². The number of Topliss-reactive ketones (excluding diaryl/α,β-unsaturated/α-hetero) is 1. The number of nitrogens with one attached hydrogen (secondary N) is 1. The van der Waals surface area contributed by atoms with Gasteiger partial charge in [-0.05, 0) is 51.0 Å². The first-order valence-electron chi connectivity index (χ1n) is 7.84. The van der Waals surface area contributed by atoms with Crippen molar-refractivity contribution in [2.45, 2.75) is 26.7 Å². The Morgan fingerprint density at radius 3 is 2.30 bits per heavy atom. The standard InChI is InChI=1S/C17H22N2O4/c1-3-23-17(22)19-10-8-14(9-11-19)16(21)18-15-6-4-13(5-7-15)12(2)20/h4-7,14H,3,8-11H2,1-2H3,(H,18,21). The summed E-state index contributed by atoms with van der Waals surface area (Å²) < 4.78 is 4.96. The number of carbonyl (C=O) groups is 3. The Balaban J connectivity index is 1.85. The van der Waals surface area contributed by atoms with E-state index >= 15 is 0 Å². The van der Waals surface area contributed by atoms with Gasteiger partial charge < -0.3 is 15.0 Å². The van der Waals surface area contributed by atoms with Gasteiger partial charge in [0.15, 0.2) is 5.78 Å². The van der Waals surface area contributed by atoms with Crippen LogP contribution in [0.2, 0.25) is 0 Å². The molecule has 0 radical (unpaired) electrons. The van der Waals surface area contributed by atoms with Crippen molar-refractivity contribution in [2.24, 2.45) is 5.92 Å². The summed E-state index contributed by atoms with van der Waals surface area (Å²) >= 11 is 0. The van der Waals surface area contributed by atoms with Gasteiger partial charge in [0.05, 0.1) is 6.61 Å². The van der Waals surface area contributed by atoms with Crippen molar-refractivity contribution < 1.29 is 19.1 Å². The minimum atomic E-state index is -0.314. The Morgan fingerprint density at radius 2 is 1.78 bits per heavy atom. The number of rotatable bonds is 4. The van der Waals surface area contributed by atoms with Crippen LogP contribution >= 0.6 is 0 Å². The monoisotopic (exact) mass is 318 g/mol. The number of ketones is 1. The Hall–Kier alpha value is -2.37.